The van der Waals surface area contributed by atoms with E-state index < -0.39 is 0 Å². The van der Waals surface area contributed by atoms with Gasteiger partial charge in [-0.1, -0.05) is 37.8 Å². The Labute approximate surface area is 169 Å². The number of hydrogen-bond donors (Lipinski definition) is 2. The molecule has 0 radical (unpaired) electrons. The van der Waals surface area contributed by atoms with E-state index >= 15 is 0 Å². The number of imidazole rings is 1. The number of carbonyl (C=O) groups excluding carboxylic acids is 1. The maximum absolute atomic E-state index is 12.7. The summed E-state index contributed by atoms with van der Waals surface area (Å²) in [4.78, 5) is 22.4. The molecule has 1 aromatic carbocycles. The molecule has 2 aromatic heterocycles. The number of aryl methyl sites for hydroxylation is 1. The molecule has 0 bridgehead atoms. The molecule has 0 aliphatic heterocycles. The van der Waals surface area contributed by atoms with E-state index in [-0.39, 0.29) is 5.91 Å². The van der Waals surface area contributed by atoms with Crippen molar-refractivity contribution in [2.75, 3.05) is 5.32 Å². The highest BCUT2D eigenvalue weighted by Gasteiger charge is 2.25. The van der Waals surface area contributed by atoms with Crippen molar-refractivity contribution in [1.29, 1.82) is 0 Å². The van der Waals surface area contributed by atoms with Gasteiger partial charge in [0.15, 0.2) is 0 Å². The lowest BCUT2D eigenvalue weighted by Gasteiger charge is -2.12. The van der Waals surface area contributed by atoms with E-state index in [2.05, 4.69) is 16.4 Å². The van der Waals surface area contributed by atoms with Crippen molar-refractivity contribution >= 4 is 33.3 Å². The number of benzene rings is 1. The number of thiophene rings is 1. The number of amides is 1. The minimum atomic E-state index is 0.155. The Morgan fingerprint density at radius 3 is 2.82 bits per heavy atom. The lowest BCUT2D eigenvalue weighted by Crippen LogP contribution is -2.12. The monoisotopic (exact) mass is 393 g/mol. The van der Waals surface area contributed by atoms with Crippen molar-refractivity contribution in [1.82, 2.24) is 9.97 Å². The fourth-order valence-electron chi connectivity index (χ4n) is 4.80. The van der Waals surface area contributed by atoms with Crippen molar-refractivity contribution in [2.45, 2.75) is 64.2 Å². The summed E-state index contributed by atoms with van der Waals surface area (Å²) in [7, 11) is 0. The molecule has 2 aliphatic carbocycles. The molecule has 0 unspecified atom stereocenters. The van der Waals surface area contributed by atoms with Gasteiger partial charge in [0.25, 0.3) is 0 Å². The lowest BCUT2D eigenvalue weighted by molar-refractivity contribution is -0.116. The fourth-order valence-corrected chi connectivity index (χ4v) is 6.11. The third-order valence-electron chi connectivity index (χ3n) is 6.30. The summed E-state index contributed by atoms with van der Waals surface area (Å²) in [6.07, 6.45) is 11.6. The van der Waals surface area contributed by atoms with Crippen LogP contribution in [0, 0.1) is 5.92 Å². The number of hydrogen-bond acceptors (Lipinski definition) is 3. The average molecular weight is 394 g/mol. The molecular formula is C23H27N3OS. The number of rotatable bonds is 5. The zero-order valence-corrected chi connectivity index (χ0v) is 17.0. The summed E-state index contributed by atoms with van der Waals surface area (Å²) in [5.41, 5.74) is 4.55. The summed E-state index contributed by atoms with van der Waals surface area (Å²) < 4.78 is 0. The summed E-state index contributed by atoms with van der Waals surface area (Å²) in [5, 5.41) is 4.24. The van der Waals surface area contributed by atoms with E-state index in [1.165, 1.54) is 49.0 Å². The number of anilines is 1. The van der Waals surface area contributed by atoms with E-state index in [1.54, 1.807) is 11.3 Å². The highest BCUT2D eigenvalue weighted by molar-refractivity contribution is 7.17. The number of nitrogens with zero attached hydrogens (tertiary/aromatic N) is 1. The van der Waals surface area contributed by atoms with E-state index in [9.17, 15) is 4.79 Å². The van der Waals surface area contributed by atoms with Crippen LogP contribution in [0.25, 0.3) is 22.4 Å². The van der Waals surface area contributed by atoms with Crippen molar-refractivity contribution in [3.63, 3.8) is 0 Å². The van der Waals surface area contributed by atoms with Crippen LogP contribution >= 0.6 is 11.3 Å². The third-order valence-corrected chi connectivity index (χ3v) is 7.51. The second kappa shape index (κ2) is 7.70. The Kier molecular flexibility index (Phi) is 4.93. The van der Waals surface area contributed by atoms with Crippen LogP contribution in [0.5, 0.6) is 0 Å². The molecule has 1 saturated carbocycles. The van der Waals surface area contributed by atoms with Crippen molar-refractivity contribution in [3.8, 4) is 11.4 Å². The highest BCUT2D eigenvalue weighted by atomic mass is 32.1. The minimum absolute atomic E-state index is 0.155. The lowest BCUT2D eigenvalue weighted by atomic mass is 9.95. The number of aromatic nitrogens is 2. The van der Waals surface area contributed by atoms with Gasteiger partial charge in [-0.2, -0.15) is 0 Å². The van der Waals surface area contributed by atoms with Gasteiger partial charge in [0.2, 0.25) is 5.91 Å². The normalized spacial score (nSPS) is 17.1. The number of carbonyl (C=O) groups is 1. The van der Waals surface area contributed by atoms with Crippen LogP contribution < -0.4 is 5.32 Å². The van der Waals surface area contributed by atoms with Crippen LogP contribution in [0.1, 0.15) is 61.8 Å². The standard InChI is InChI=1S/C23H27N3OS/c27-20(14-13-15-7-1-2-8-15)26-23-21(16-9-3-6-12-19(16)28-23)22-24-17-10-4-5-11-18(17)25-22/h4-5,10-11,15H,1-3,6-9,12-14H2,(H,24,25)(H,26,27). The van der Waals surface area contributed by atoms with Crippen LogP contribution in [-0.4, -0.2) is 15.9 Å². The van der Waals surface area contributed by atoms with Gasteiger partial charge >= 0.3 is 0 Å². The molecule has 5 heteroatoms. The Morgan fingerprint density at radius 2 is 1.96 bits per heavy atom. The molecule has 3 aromatic rings. The van der Waals surface area contributed by atoms with Crippen molar-refractivity contribution in [3.05, 3.63) is 34.7 Å². The third kappa shape index (κ3) is 3.48. The summed E-state index contributed by atoms with van der Waals surface area (Å²) in [6.45, 7) is 0. The SMILES string of the molecule is O=C(CCC1CCCC1)Nc1sc2c(c1-c1nc3ccccc3[nH]1)CCCC2. The first kappa shape index (κ1) is 17.9. The number of nitrogens with one attached hydrogen (secondary N) is 2. The van der Waals surface area contributed by atoms with E-state index in [0.717, 1.165) is 52.6 Å². The van der Waals surface area contributed by atoms with Crippen LogP contribution in [0.2, 0.25) is 0 Å². The quantitative estimate of drug-likeness (QED) is 0.552. The number of para-hydroxylation sites is 2. The van der Waals surface area contributed by atoms with Crippen LogP contribution in [0.15, 0.2) is 24.3 Å². The van der Waals surface area contributed by atoms with Gasteiger partial charge in [-0.3, -0.25) is 4.79 Å². The summed E-state index contributed by atoms with van der Waals surface area (Å²) >= 11 is 1.76. The maximum Gasteiger partial charge on any atom is 0.225 e. The van der Waals surface area contributed by atoms with Crippen LogP contribution in [-0.2, 0) is 17.6 Å². The Balaban J connectivity index is 1.43. The summed E-state index contributed by atoms with van der Waals surface area (Å²) in [5.74, 6) is 1.80. The number of aromatic amines is 1. The first-order chi connectivity index (χ1) is 13.8. The predicted molar refractivity (Wildman–Crippen MR) is 116 cm³/mol. The van der Waals surface area contributed by atoms with E-state index in [4.69, 9.17) is 4.98 Å². The second-order valence-electron chi connectivity index (χ2n) is 8.25. The predicted octanol–water partition coefficient (Wildman–Crippen LogP) is 6.08. The highest BCUT2D eigenvalue weighted by Crippen LogP contribution is 2.43. The Hall–Kier alpha value is -2.14. The van der Waals surface area contributed by atoms with E-state index in [0.29, 0.717) is 6.42 Å². The molecule has 146 valence electrons. The van der Waals surface area contributed by atoms with Gasteiger partial charge in [-0.05, 0) is 55.7 Å². The second-order valence-corrected chi connectivity index (χ2v) is 9.36. The van der Waals surface area contributed by atoms with Crippen molar-refractivity contribution < 1.29 is 4.79 Å². The van der Waals surface area contributed by atoms with E-state index in [1.807, 2.05) is 18.2 Å². The van der Waals surface area contributed by atoms with Gasteiger partial charge in [-0.25, -0.2) is 4.98 Å². The largest absolute Gasteiger partial charge is 0.338 e. The molecule has 0 saturated heterocycles. The maximum atomic E-state index is 12.7. The molecule has 2 aliphatic rings. The molecule has 5 rings (SSSR count). The molecule has 2 N–H and O–H groups in total. The topological polar surface area (TPSA) is 57.8 Å². The average Bonchev–Trinajstić information content (AvgIpc) is 3.43. The van der Waals surface area contributed by atoms with Gasteiger partial charge in [0, 0.05) is 11.3 Å². The Bertz CT molecular complexity index is 964. The zero-order chi connectivity index (χ0) is 18.9. The molecule has 4 nitrogen and oxygen atoms in total. The number of fused-ring (bicyclic) bond motifs is 2. The summed E-state index contributed by atoms with van der Waals surface area (Å²) in [6, 6.07) is 8.14. The van der Waals surface area contributed by atoms with Crippen LogP contribution in [0.4, 0.5) is 5.00 Å². The Morgan fingerprint density at radius 1 is 1.14 bits per heavy atom. The fraction of sp³-hybridized carbons (Fsp3) is 0.478. The van der Waals surface area contributed by atoms with Gasteiger partial charge in [0.1, 0.15) is 10.8 Å². The molecule has 0 spiro atoms. The molecule has 0 atom stereocenters. The first-order valence-corrected chi connectivity index (χ1v) is 11.5. The minimum Gasteiger partial charge on any atom is -0.338 e. The molecule has 1 fully saturated rings. The molecule has 28 heavy (non-hydrogen) atoms. The van der Waals surface area contributed by atoms with Crippen molar-refractivity contribution in [2.24, 2.45) is 5.92 Å². The number of H-pyrrole nitrogens is 1. The van der Waals surface area contributed by atoms with Gasteiger partial charge in [-0.15, -0.1) is 11.3 Å². The smallest absolute Gasteiger partial charge is 0.225 e. The molecular weight excluding hydrogens is 366 g/mol. The zero-order valence-electron chi connectivity index (χ0n) is 16.2. The molecule has 1 amide bonds. The first-order valence-electron chi connectivity index (χ1n) is 10.7. The van der Waals surface area contributed by atoms with Crippen LogP contribution in [0.3, 0.4) is 0 Å². The van der Waals surface area contributed by atoms with Gasteiger partial charge in [0.05, 0.1) is 16.6 Å². The molecule has 2 heterocycles. The van der Waals surface area contributed by atoms with Gasteiger partial charge < -0.3 is 10.3 Å².